The van der Waals surface area contributed by atoms with Crippen molar-refractivity contribution in [3.8, 4) is 0 Å². The van der Waals surface area contributed by atoms with Crippen molar-refractivity contribution in [1.29, 1.82) is 0 Å². The Balaban J connectivity index is 1.41. The number of para-hydroxylation sites is 1. The standard InChI is InChI=1S/C20H18N4O2/c25-19(21-16-5-2-1-3-6-16)14-8-10-15(11-9-14)20(26)22-18-13-17-7-4-12-24(17)23-18/h1-3,5-6,8-11,13H,4,7,12H2,(H,21,25)(H,22,23,26). The maximum absolute atomic E-state index is 12.4. The minimum absolute atomic E-state index is 0.214. The molecule has 26 heavy (non-hydrogen) atoms. The van der Waals surface area contributed by atoms with Crippen molar-refractivity contribution in [2.75, 3.05) is 10.6 Å². The Hall–Kier alpha value is -3.41. The molecule has 0 spiro atoms. The van der Waals surface area contributed by atoms with Gasteiger partial charge in [0.2, 0.25) is 0 Å². The van der Waals surface area contributed by atoms with Crippen LogP contribution in [-0.2, 0) is 13.0 Å². The largest absolute Gasteiger partial charge is 0.322 e. The Labute approximate surface area is 150 Å². The highest BCUT2D eigenvalue weighted by Crippen LogP contribution is 2.18. The molecular weight excluding hydrogens is 328 g/mol. The molecule has 6 nitrogen and oxygen atoms in total. The van der Waals surface area contributed by atoms with Crippen molar-refractivity contribution >= 4 is 23.3 Å². The fraction of sp³-hybridized carbons (Fsp3) is 0.150. The summed E-state index contributed by atoms with van der Waals surface area (Å²) in [5.41, 5.74) is 2.85. The van der Waals surface area contributed by atoms with E-state index in [0.717, 1.165) is 30.8 Å². The highest BCUT2D eigenvalue weighted by molar-refractivity contribution is 6.07. The number of nitrogens with one attached hydrogen (secondary N) is 2. The predicted molar refractivity (Wildman–Crippen MR) is 99.3 cm³/mol. The number of aryl methyl sites for hydroxylation is 2. The van der Waals surface area contributed by atoms with Gasteiger partial charge in [0.1, 0.15) is 0 Å². The normalized spacial score (nSPS) is 12.5. The monoisotopic (exact) mass is 346 g/mol. The molecule has 1 aromatic heterocycles. The van der Waals surface area contributed by atoms with Crippen LogP contribution in [-0.4, -0.2) is 21.6 Å². The lowest BCUT2D eigenvalue weighted by atomic mass is 10.1. The van der Waals surface area contributed by atoms with Gasteiger partial charge in [-0.2, -0.15) is 5.10 Å². The van der Waals surface area contributed by atoms with Crippen molar-refractivity contribution in [3.05, 3.63) is 77.5 Å². The second-order valence-electron chi connectivity index (χ2n) is 6.20. The number of amides is 2. The van der Waals surface area contributed by atoms with Crippen LogP contribution in [0.3, 0.4) is 0 Å². The lowest BCUT2D eigenvalue weighted by Crippen LogP contribution is -2.14. The molecule has 0 saturated carbocycles. The SMILES string of the molecule is O=C(Nc1ccccc1)c1ccc(C(=O)Nc2cc3n(n2)CCC3)cc1. The van der Waals surface area contributed by atoms with Crippen LogP contribution in [0.25, 0.3) is 0 Å². The Kier molecular flexibility index (Phi) is 4.23. The van der Waals surface area contributed by atoms with Crippen LogP contribution < -0.4 is 10.6 Å². The Morgan fingerprint density at radius 3 is 2.19 bits per heavy atom. The fourth-order valence-corrected chi connectivity index (χ4v) is 3.01. The van der Waals surface area contributed by atoms with E-state index >= 15 is 0 Å². The summed E-state index contributed by atoms with van der Waals surface area (Å²) in [5, 5.41) is 9.99. The van der Waals surface area contributed by atoms with E-state index in [-0.39, 0.29) is 11.8 Å². The van der Waals surface area contributed by atoms with Crippen molar-refractivity contribution < 1.29 is 9.59 Å². The third kappa shape index (κ3) is 3.35. The van der Waals surface area contributed by atoms with Crippen LogP contribution in [0.4, 0.5) is 11.5 Å². The molecule has 6 heteroatoms. The van der Waals surface area contributed by atoms with Crippen LogP contribution in [0.5, 0.6) is 0 Å². The molecule has 3 aromatic rings. The van der Waals surface area contributed by atoms with E-state index in [2.05, 4.69) is 15.7 Å². The first kappa shape index (κ1) is 16.1. The summed E-state index contributed by atoms with van der Waals surface area (Å²) in [6.45, 7) is 0.899. The minimum Gasteiger partial charge on any atom is -0.322 e. The number of rotatable bonds is 4. The zero-order valence-electron chi connectivity index (χ0n) is 14.1. The molecule has 1 aliphatic rings. The van der Waals surface area contributed by atoms with E-state index in [1.807, 2.05) is 41.1 Å². The first-order chi connectivity index (χ1) is 12.7. The zero-order chi connectivity index (χ0) is 17.9. The van der Waals surface area contributed by atoms with Gasteiger partial charge in [0.25, 0.3) is 11.8 Å². The second-order valence-corrected chi connectivity index (χ2v) is 6.20. The molecule has 2 heterocycles. The third-order valence-corrected chi connectivity index (χ3v) is 4.35. The first-order valence-electron chi connectivity index (χ1n) is 8.53. The van der Waals surface area contributed by atoms with Crippen LogP contribution in [0.1, 0.15) is 32.8 Å². The minimum atomic E-state index is -0.239. The van der Waals surface area contributed by atoms with Gasteiger partial charge in [0.05, 0.1) is 0 Å². The summed E-state index contributed by atoms with van der Waals surface area (Å²) >= 11 is 0. The van der Waals surface area contributed by atoms with Crippen molar-refractivity contribution in [2.24, 2.45) is 0 Å². The van der Waals surface area contributed by atoms with E-state index < -0.39 is 0 Å². The fourth-order valence-electron chi connectivity index (χ4n) is 3.01. The lowest BCUT2D eigenvalue weighted by molar-refractivity contribution is 0.101. The maximum atomic E-state index is 12.4. The van der Waals surface area contributed by atoms with Gasteiger partial charge < -0.3 is 10.6 Å². The van der Waals surface area contributed by atoms with Gasteiger partial charge >= 0.3 is 0 Å². The molecule has 0 atom stereocenters. The van der Waals surface area contributed by atoms with Gasteiger partial charge in [-0.25, -0.2) is 0 Å². The van der Waals surface area contributed by atoms with Gasteiger partial charge in [-0.1, -0.05) is 18.2 Å². The summed E-state index contributed by atoms with van der Waals surface area (Å²) in [7, 11) is 0. The highest BCUT2D eigenvalue weighted by atomic mass is 16.2. The van der Waals surface area contributed by atoms with E-state index in [4.69, 9.17) is 0 Å². The number of fused-ring (bicyclic) bond motifs is 1. The molecule has 2 amide bonds. The van der Waals surface area contributed by atoms with Crippen LogP contribution in [0.2, 0.25) is 0 Å². The van der Waals surface area contributed by atoms with Crippen molar-refractivity contribution in [3.63, 3.8) is 0 Å². The summed E-state index contributed by atoms with van der Waals surface area (Å²) in [5.74, 6) is 0.112. The smallest absolute Gasteiger partial charge is 0.256 e. The molecule has 130 valence electrons. The molecule has 1 aliphatic heterocycles. The van der Waals surface area contributed by atoms with Crippen LogP contribution in [0, 0.1) is 0 Å². The zero-order valence-corrected chi connectivity index (χ0v) is 14.1. The number of hydrogen-bond donors (Lipinski definition) is 2. The van der Waals surface area contributed by atoms with E-state index in [1.54, 1.807) is 24.3 Å². The number of benzene rings is 2. The molecule has 0 radical (unpaired) electrons. The average Bonchev–Trinajstić information content (AvgIpc) is 3.24. The van der Waals surface area contributed by atoms with Gasteiger partial charge in [0.15, 0.2) is 5.82 Å². The number of anilines is 2. The molecule has 0 aliphatic carbocycles. The van der Waals surface area contributed by atoms with Crippen LogP contribution >= 0.6 is 0 Å². The van der Waals surface area contributed by atoms with Crippen LogP contribution in [0.15, 0.2) is 60.7 Å². The predicted octanol–water partition coefficient (Wildman–Crippen LogP) is 3.33. The molecule has 2 N–H and O–H groups in total. The number of carbonyl (C=O) groups excluding carboxylic acids is 2. The van der Waals surface area contributed by atoms with E-state index in [1.165, 1.54) is 0 Å². The summed E-state index contributed by atoms with van der Waals surface area (Å²) in [6.07, 6.45) is 2.09. The number of hydrogen-bond acceptors (Lipinski definition) is 3. The maximum Gasteiger partial charge on any atom is 0.256 e. The Bertz CT molecular complexity index is 924. The first-order valence-corrected chi connectivity index (χ1v) is 8.53. The lowest BCUT2D eigenvalue weighted by Gasteiger charge is -2.06. The quantitative estimate of drug-likeness (QED) is 0.761. The van der Waals surface area contributed by atoms with Crippen molar-refractivity contribution in [2.45, 2.75) is 19.4 Å². The molecule has 0 unspecified atom stereocenters. The number of nitrogens with zero attached hydrogens (tertiary/aromatic N) is 2. The number of aromatic nitrogens is 2. The van der Waals surface area contributed by atoms with Crippen molar-refractivity contribution in [1.82, 2.24) is 9.78 Å². The van der Waals surface area contributed by atoms with Gasteiger partial charge in [-0.3, -0.25) is 14.3 Å². The molecule has 0 bridgehead atoms. The van der Waals surface area contributed by atoms with E-state index in [9.17, 15) is 9.59 Å². The second kappa shape index (κ2) is 6.84. The van der Waals surface area contributed by atoms with E-state index in [0.29, 0.717) is 16.9 Å². The highest BCUT2D eigenvalue weighted by Gasteiger charge is 2.16. The Morgan fingerprint density at radius 1 is 0.885 bits per heavy atom. The third-order valence-electron chi connectivity index (χ3n) is 4.35. The molecule has 2 aromatic carbocycles. The Morgan fingerprint density at radius 2 is 1.54 bits per heavy atom. The van der Waals surface area contributed by atoms with Gasteiger partial charge in [0, 0.05) is 35.1 Å². The molecule has 0 saturated heterocycles. The summed E-state index contributed by atoms with van der Waals surface area (Å²) in [4.78, 5) is 24.6. The molecular formula is C20H18N4O2. The molecule has 0 fully saturated rings. The summed E-state index contributed by atoms with van der Waals surface area (Å²) < 4.78 is 1.92. The summed E-state index contributed by atoms with van der Waals surface area (Å²) in [6, 6.07) is 17.7. The topological polar surface area (TPSA) is 76.0 Å². The number of carbonyl (C=O) groups is 2. The van der Waals surface area contributed by atoms with Gasteiger partial charge in [-0.15, -0.1) is 0 Å². The van der Waals surface area contributed by atoms with Gasteiger partial charge in [-0.05, 0) is 49.2 Å². The average molecular weight is 346 g/mol. The molecule has 4 rings (SSSR count).